The van der Waals surface area contributed by atoms with E-state index >= 15 is 0 Å². The van der Waals surface area contributed by atoms with E-state index in [-0.39, 0.29) is 5.78 Å². The fourth-order valence-corrected chi connectivity index (χ4v) is 1.93. The van der Waals surface area contributed by atoms with Gasteiger partial charge in [-0.15, -0.1) is 0 Å². The number of nitrogens with one attached hydrogen (secondary N) is 1. The van der Waals surface area contributed by atoms with Gasteiger partial charge in [-0.25, -0.2) is 4.98 Å². The predicted octanol–water partition coefficient (Wildman–Crippen LogP) is 2.94. The number of aryl methyl sites for hydroxylation is 1. The first-order chi connectivity index (χ1) is 9.78. The zero-order valence-corrected chi connectivity index (χ0v) is 11.8. The normalized spacial score (nSPS) is 10.4. The first-order valence-electron chi connectivity index (χ1n) is 6.99. The molecule has 4 heteroatoms. The number of benzene rings is 1. The van der Waals surface area contributed by atoms with Crippen LogP contribution in [0.3, 0.4) is 0 Å². The number of ketones is 1. The van der Waals surface area contributed by atoms with Gasteiger partial charge in [-0.3, -0.25) is 4.79 Å². The summed E-state index contributed by atoms with van der Waals surface area (Å²) in [6.07, 6.45) is 6.53. The highest BCUT2D eigenvalue weighted by Crippen LogP contribution is 2.13. The lowest BCUT2D eigenvalue weighted by Gasteiger charge is -2.06. The minimum atomic E-state index is 0.262. The van der Waals surface area contributed by atoms with E-state index in [0.717, 1.165) is 29.8 Å². The molecule has 0 aliphatic heterocycles. The molecule has 106 valence electrons. The van der Waals surface area contributed by atoms with Crippen molar-refractivity contribution in [1.82, 2.24) is 9.97 Å². The number of imidazole rings is 1. The molecule has 0 fully saturated rings. The Hall–Kier alpha value is -2.10. The molecule has 0 bridgehead atoms. The van der Waals surface area contributed by atoms with Crippen LogP contribution in [0.4, 0.5) is 0 Å². The quantitative estimate of drug-likeness (QED) is 0.752. The minimum Gasteiger partial charge on any atom is -0.494 e. The molecule has 0 amide bonds. The zero-order valence-electron chi connectivity index (χ0n) is 11.8. The number of aromatic amines is 1. The van der Waals surface area contributed by atoms with Crippen LogP contribution in [0.25, 0.3) is 0 Å². The molecule has 1 N–H and O–H groups in total. The fourth-order valence-electron chi connectivity index (χ4n) is 1.93. The van der Waals surface area contributed by atoms with E-state index in [2.05, 4.69) is 9.97 Å². The van der Waals surface area contributed by atoms with E-state index in [0.29, 0.717) is 19.4 Å². The largest absolute Gasteiger partial charge is 0.494 e. The average molecular weight is 272 g/mol. The van der Waals surface area contributed by atoms with Gasteiger partial charge in [0.25, 0.3) is 0 Å². The van der Waals surface area contributed by atoms with Crippen molar-refractivity contribution < 1.29 is 9.53 Å². The summed E-state index contributed by atoms with van der Waals surface area (Å²) in [5.41, 5.74) is 2.10. The van der Waals surface area contributed by atoms with Crippen LogP contribution in [0.2, 0.25) is 0 Å². The summed E-state index contributed by atoms with van der Waals surface area (Å²) in [6.45, 7) is 2.55. The van der Waals surface area contributed by atoms with Crippen molar-refractivity contribution in [3.8, 4) is 5.75 Å². The van der Waals surface area contributed by atoms with Crippen molar-refractivity contribution in [2.75, 3.05) is 6.61 Å². The van der Waals surface area contributed by atoms with Crippen molar-refractivity contribution in [3.63, 3.8) is 0 Å². The summed E-state index contributed by atoms with van der Waals surface area (Å²) in [7, 11) is 0. The molecule has 1 aromatic heterocycles. The molecule has 2 aromatic rings. The number of Topliss-reactive ketones (excluding diaryl/α,β-unsaturated/α-hetero) is 1. The van der Waals surface area contributed by atoms with E-state index < -0.39 is 0 Å². The van der Waals surface area contributed by atoms with Gasteiger partial charge < -0.3 is 9.72 Å². The third-order valence-corrected chi connectivity index (χ3v) is 3.12. The lowest BCUT2D eigenvalue weighted by Crippen LogP contribution is -2.01. The molecule has 0 aliphatic rings. The summed E-state index contributed by atoms with van der Waals surface area (Å²) in [5, 5.41) is 0. The van der Waals surface area contributed by atoms with Crippen molar-refractivity contribution in [3.05, 3.63) is 48.0 Å². The van der Waals surface area contributed by atoms with Gasteiger partial charge in [-0.1, -0.05) is 19.1 Å². The first kappa shape index (κ1) is 14.3. The molecule has 0 spiro atoms. The molecule has 1 aromatic carbocycles. The molecule has 2 rings (SSSR count). The Labute approximate surface area is 119 Å². The molecule has 0 atom stereocenters. The maximum absolute atomic E-state index is 11.3. The molecule has 0 saturated heterocycles. The molecule has 0 aliphatic carbocycles. The maximum atomic E-state index is 11.3. The number of H-pyrrole nitrogens is 1. The van der Waals surface area contributed by atoms with Gasteiger partial charge in [0.1, 0.15) is 11.5 Å². The number of carbonyl (C=O) groups excluding carboxylic acids is 1. The van der Waals surface area contributed by atoms with Crippen LogP contribution in [0.5, 0.6) is 5.75 Å². The lowest BCUT2D eigenvalue weighted by atomic mass is 10.1. The molecule has 4 nitrogen and oxygen atoms in total. The Kier molecular flexibility index (Phi) is 5.35. The number of ether oxygens (including phenoxy) is 1. The predicted molar refractivity (Wildman–Crippen MR) is 77.8 cm³/mol. The lowest BCUT2D eigenvalue weighted by molar-refractivity contribution is -0.118. The summed E-state index contributed by atoms with van der Waals surface area (Å²) < 4.78 is 5.67. The van der Waals surface area contributed by atoms with Gasteiger partial charge in [-0.05, 0) is 30.5 Å². The molecule has 20 heavy (non-hydrogen) atoms. The van der Waals surface area contributed by atoms with Gasteiger partial charge in [0.2, 0.25) is 0 Å². The van der Waals surface area contributed by atoms with Crippen LogP contribution in [-0.4, -0.2) is 22.4 Å². The average Bonchev–Trinajstić information content (AvgIpc) is 2.98. The number of carbonyl (C=O) groups is 1. The van der Waals surface area contributed by atoms with Crippen LogP contribution in [-0.2, 0) is 17.6 Å². The van der Waals surface area contributed by atoms with Crippen molar-refractivity contribution in [1.29, 1.82) is 0 Å². The molecule has 0 radical (unpaired) electrons. The summed E-state index contributed by atoms with van der Waals surface area (Å²) in [6, 6.07) is 7.76. The van der Waals surface area contributed by atoms with Crippen LogP contribution < -0.4 is 4.74 Å². The summed E-state index contributed by atoms with van der Waals surface area (Å²) in [4.78, 5) is 18.5. The SMILES string of the molecule is CCC(=O)Cc1ccc(OCCCc2c[nH]cn2)cc1. The third-order valence-electron chi connectivity index (χ3n) is 3.12. The Morgan fingerprint density at radius 2 is 2.10 bits per heavy atom. The standard InChI is InChI=1S/C16H20N2O2/c1-2-15(19)10-13-5-7-16(8-6-13)20-9-3-4-14-11-17-12-18-14/h5-8,11-12H,2-4,9-10H2,1H3,(H,17,18). The van der Waals surface area contributed by atoms with Crippen molar-refractivity contribution in [2.24, 2.45) is 0 Å². The Balaban J connectivity index is 1.72. The van der Waals surface area contributed by atoms with Crippen molar-refractivity contribution in [2.45, 2.75) is 32.6 Å². The van der Waals surface area contributed by atoms with Crippen LogP contribution in [0, 0.1) is 0 Å². The molecule has 1 heterocycles. The smallest absolute Gasteiger partial charge is 0.136 e. The summed E-state index contributed by atoms with van der Waals surface area (Å²) in [5.74, 6) is 1.11. The Morgan fingerprint density at radius 3 is 2.75 bits per heavy atom. The number of hydrogen-bond acceptors (Lipinski definition) is 3. The minimum absolute atomic E-state index is 0.262. The second-order valence-corrected chi connectivity index (χ2v) is 4.73. The van der Waals surface area contributed by atoms with Crippen LogP contribution in [0.1, 0.15) is 31.0 Å². The Bertz CT molecular complexity index is 518. The van der Waals surface area contributed by atoms with Crippen LogP contribution >= 0.6 is 0 Å². The van der Waals surface area contributed by atoms with Gasteiger partial charge in [0.15, 0.2) is 0 Å². The monoisotopic (exact) mass is 272 g/mol. The van der Waals surface area contributed by atoms with E-state index in [4.69, 9.17) is 4.74 Å². The highest BCUT2D eigenvalue weighted by molar-refractivity contribution is 5.80. The topological polar surface area (TPSA) is 55.0 Å². The maximum Gasteiger partial charge on any atom is 0.136 e. The second-order valence-electron chi connectivity index (χ2n) is 4.73. The van der Waals surface area contributed by atoms with Crippen LogP contribution in [0.15, 0.2) is 36.8 Å². The molecule has 0 saturated carbocycles. The number of nitrogens with zero attached hydrogens (tertiary/aromatic N) is 1. The number of hydrogen-bond donors (Lipinski definition) is 1. The van der Waals surface area contributed by atoms with E-state index in [1.165, 1.54) is 0 Å². The number of aromatic nitrogens is 2. The molecular weight excluding hydrogens is 252 g/mol. The second kappa shape index (κ2) is 7.48. The van der Waals surface area contributed by atoms with Crippen molar-refractivity contribution >= 4 is 5.78 Å². The third kappa shape index (κ3) is 4.53. The molecular formula is C16H20N2O2. The van der Waals surface area contributed by atoms with Gasteiger partial charge in [-0.2, -0.15) is 0 Å². The first-order valence-corrected chi connectivity index (χ1v) is 6.99. The zero-order chi connectivity index (χ0) is 14.2. The fraction of sp³-hybridized carbons (Fsp3) is 0.375. The highest BCUT2D eigenvalue weighted by atomic mass is 16.5. The van der Waals surface area contributed by atoms with Gasteiger partial charge in [0, 0.05) is 19.0 Å². The summed E-state index contributed by atoms with van der Waals surface area (Å²) >= 11 is 0. The van der Waals surface area contributed by atoms with E-state index in [1.807, 2.05) is 37.4 Å². The van der Waals surface area contributed by atoms with E-state index in [9.17, 15) is 4.79 Å². The van der Waals surface area contributed by atoms with Gasteiger partial charge >= 0.3 is 0 Å². The Morgan fingerprint density at radius 1 is 1.30 bits per heavy atom. The molecule has 0 unspecified atom stereocenters. The van der Waals surface area contributed by atoms with E-state index in [1.54, 1.807) is 6.33 Å². The highest BCUT2D eigenvalue weighted by Gasteiger charge is 2.01. The number of rotatable bonds is 8. The van der Waals surface area contributed by atoms with Gasteiger partial charge in [0.05, 0.1) is 18.6 Å².